The number of aliphatic carboxylic acids is 2. The topological polar surface area (TPSA) is 99.8 Å². The van der Waals surface area contributed by atoms with Gasteiger partial charge in [-0.25, -0.2) is 9.59 Å². The molecule has 0 aromatic carbocycles. The summed E-state index contributed by atoms with van der Waals surface area (Å²) >= 11 is 0. The predicted molar refractivity (Wildman–Crippen MR) is 64.2 cm³/mol. The second kappa shape index (κ2) is 6.61. The SMILES string of the molecule is Cc1ccc(C2=CCNCC2)o1.O=C(O)C(=O)O. The van der Waals surface area contributed by atoms with Gasteiger partial charge in [0.1, 0.15) is 11.5 Å². The molecule has 1 aromatic heterocycles. The molecule has 0 fully saturated rings. The molecule has 1 aliphatic heterocycles. The third kappa shape index (κ3) is 4.42. The van der Waals surface area contributed by atoms with Crippen LogP contribution >= 0.6 is 0 Å². The highest BCUT2D eigenvalue weighted by Crippen LogP contribution is 2.21. The first-order chi connectivity index (χ1) is 8.50. The monoisotopic (exact) mass is 253 g/mol. The van der Waals surface area contributed by atoms with Crippen molar-refractivity contribution in [3.8, 4) is 0 Å². The molecule has 0 amide bonds. The smallest absolute Gasteiger partial charge is 0.414 e. The molecule has 0 saturated heterocycles. The fourth-order valence-electron chi connectivity index (χ4n) is 1.45. The molecule has 2 rings (SSSR count). The van der Waals surface area contributed by atoms with E-state index in [1.165, 1.54) is 5.57 Å². The van der Waals surface area contributed by atoms with E-state index in [4.69, 9.17) is 24.2 Å². The number of carbonyl (C=O) groups is 2. The van der Waals surface area contributed by atoms with E-state index in [0.717, 1.165) is 31.0 Å². The number of furan rings is 1. The lowest BCUT2D eigenvalue weighted by Gasteiger charge is -2.11. The van der Waals surface area contributed by atoms with Gasteiger partial charge in [-0.3, -0.25) is 0 Å². The van der Waals surface area contributed by atoms with Gasteiger partial charge in [0.15, 0.2) is 0 Å². The Kier molecular flexibility index (Phi) is 5.13. The molecule has 0 atom stereocenters. The number of carboxylic acid groups (broad SMARTS) is 2. The Morgan fingerprint density at radius 1 is 1.28 bits per heavy atom. The Bertz CT molecular complexity index is 449. The van der Waals surface area contributed by atoms with Gasteiger partial charge in [-0.2, -0.15) is 0 Å². The molecule has 6 nitrogen and oxygen atoms in total. The lowest BCUT2D eigenvalue weighted by atomic mass is 10.1. The highest BCUT2D eigenvalue weighted by molar-refractivity contribution is 6.27. The fraction of sp³-hybridized carbons (Fsp3) is 0.333. The number of hydrogen-bond acceptors (Lipinski definition) is 4. The summed E-state index contributed by atoms with van der Waals surface area (Å²) in [5.74, 6) is -1.62. The quantitative estimate of drug-likeness (QED) is 0.648. The van der Waals surface area contributed by atoms with Crippen molar-refractivity contribution in [2.24, 2.45) is 0 Å². The summed E-state index contributed by atoms with van der Waals surface area (Å²) in [7, 11) is 0. The lowest BCUT2D eigenvalue weighted by molar-refractivity contribution is -0.159. The van der Waals surface area contributed by atoms with Crippen molar-refractivity contribution >= 4 is 17.5 Å². The molecule has 3 N–H and O–H groups in total. The minimum atomic E-state index is -1.82. The standard InChI is InChI=1S/C10H13NO.C2H2O4/c1-8-2-3-10(12-8)9-4-6-11-7-5-9;3-1(4)2(5)6/h2-4,11H,5-7H2,1H3;(H,3,4)(H,5,6). The van der Waals surface area contributed by atoms with Crippen LogP contribution in [-0.4, -0.2) is 35.2 Å². The molecular formula is C12H15NO5. The van der Waals surface area contributed by atoms with Crippen LogP contribution in [0.25, 0.3) is 5.57 Å². The summed E-state index contributed by atoms with van der Waals surface area (Å²) in [6.45, 7) is 4.01. The minimum absolute atomic E-state index is 0.967. The zero-order chi connectivity index (χ0) is 13.5. The zero-order valence-corrected chi connectivity index (χ0v) is 9.97. The maximum atomic E-state index is 9.10. The molecular weight excluding hydrogens is 238 g/mol. The van der Waals surface area contributed by atoms with Gasteiger partial charge in [-0.1, -0.05) is 6.08 Å². The van der Waals surface area contributed by atoms with Crippen LogP contribution in [0.4, 0.5) is 0 Å². The molecule has 0 radical (unpaired) electrons. The summed E-state index contributed by atoms with van der Waals surface area (Å²) in [6, 6.07) is 4.06. The van der Waals surface area contributed by atoms with E-state index in [1.807, 2.05) is 19.1 Å². The zero-order valence-electron chi connectivity index (χ0n) is 9.97. The van der Waals surface area contributed by atoms with Crippen LogP contribution in [0, 0.1) is 6.92 Å². The van der Waals surface area contributed by atoms with Crippen LogP contribution < -0.4 is 5.32 Å². The van der Waals surface area contributed by atoms with E-state index in [1.54, 1.807) is 0 Å². The first-order valence-corrected chi connectivity index (χ1v) is 5.43. The van der Waals surface area contributed by atoms with Crippen molar-refractivity contribution in [3.05, 3.63) is 29.7 Å². The number of aryl methyl sites for hydroxylation is 1. The Balaban J connectivity index is 0.000000232. The molecule has 0 unspecified atom stereocenters. The van der Waals surface area contributed by atoms with Crippen LogP contribution in [0.3, 0.4) is 0 Å². The molecule has 1 aliphatic rings. The number of rotatable bonds is 1. The van der Waals surface area contributed by atoms with Crippen molar-refractivity contribution in [2.45, 2.75) is 13.3 Å². The molecule has 98 valence electrons. The Morgan fingerprint density at radius 2 is 1.94 bits per heavy atom. The highest BCUT2D eigenvalue weighted by Gasteiger charge is 2.08. The molecule has 6 heteroatoms. The first kappa shape index (κ1) is 14.0. The summed E-state index contributed by atoms with van der Waals surface area (Å²) in [6.07, 6.45) is 3.27. The van der Waals surface area contributed by atoms with E-state index in [2.05, 4.69) is 11.4 Å². The highest BCUT2D eigenvalue weighted by atomic mass is 16.4. The van der Waals surface area contributed by atoms with Crippen LogP contribution in [-0.2, 0) is 9.59 Å². The van der Waals surface area contributed by atoms with E-state index in [0.29, 0.717) is 0 Å². The predicted octanol–water partition coefficient (Wildman–Crippen LogP) is 1.12. The van der Waals surface area contributed by atoms with Gasteiger partial charge in [0.25, 0.3) is 0 Å². The molecule has 0 saturated carbocycles. The maximum absolute atomic E-state index is 9.10. The van der Waals surface area contributed by atoms with E-state index >= 15 is 0 Å². The number of hydrogen-bond donors (Lipinski definition) is 3. The van der Waals surface area contributed by atoms with Gasteiger partial charge in [-0.05, 0) is 37.6 Å². The van der Waals surface area contributed by atoms with Crippen molar-refractivity contribution in [1.82, 2.24) is 5.32 Å². The van der Waals surface area contributed by atoms with Gasteiger partial charge in [-0.15, -0.1) is 0 Å². The fourth-order valence-corrected chi connectivity index (χ4v) is 1.45. The molecule has 0 spiro atoms. The van der Waals surface area contributed by atoms with Crippen LogP contribution in [0.1, 0.15) is 17.9 Å². The average molecular weight is 253 g/mol. The van der Waals surface area contributed by atoms with Crippen LogP contribution in [0.2, 0.25) is 0 Å². The Hall–Kier alpha value is -2.08. The largest absolute Gasteiger partial charge is 0.473 e. The summed E-state index contributed by atoms with van der Waals surface area (Å²) < 4.78 is 5.53. The van der Waals surface area contributed by atoms with Crippen molar-refractivity contribution in [3.63, 3.8) is 0 Å². The Labute approximate surface area is 104 Å². The van der Waals surface area contributed by atoms with E-state index < -0.39 is 11.9 Å². The molecule has 0 bridgehead atoms. The van der Waals surface area contributed by atoms with E-state index in [-0.39, 0.29) is 0 Å². The van der Waals surface area contributed by atoms with Crippen molar-refractivity contribution in [2.75, 3.05) is 13.1 Å². The molecule has 2 heterocycles. The molecule has 0 aliphatic carbocycles. The van der Waals surface area contributed by atoms with Crippen molar-refractivity contribution < 1.29 is 24.2 Å². The van der Waals surface area contributed by atoms with Crippen LogP contribution in [0.15, 0.2) is 22.6 Å². The summed E-state index contributed by atoms with van der Waals surface area (Å²) in [5, 5.41) is 18.1. The molecule has 1 aromatic rings. The van der Waals surface area contributed by atoms with Gasteiger partial charge in [0.05, 0.1) is 0 Å². The second-order valence-electron chi connectivity index (χ2n) is 3.70. The van der Waals surface area contributed by atoms with Gasteiger partial charge < -0.3 is 19.9 Å². The molecule has 18 heavy (non-hydrogen) atoms. The van der Waals surface area contributed by atoms with Gasteiger partial charge in [0, 0.05) is 6.54 Å². The Morgan fingerprint density at radius 3 is 2.33 bits per heavy atom. The normalized spacial score (nSPS) is 14.2. The first-order valence-electron chi connectivity index (χ1n) is 5.43. The average Bonchev–Trinajstić information content (AvgIpc) is 2.78. The minimum Gasteiger partial charge on any atom is -0.473 e. The van der Waals surface area contributed by atoms with E-state index in [9.17, 15) is 0 Å². The number of carboxylic acids is 2. The second-order valence-corrected chi connectivity index (χ2v) is 3.70. The van der Waals surface area contributed by atoms with Gasteiger partial charge >= 0.3 is 11.9 Å². The lowest BCUT2D eigenvalue weighted by Crippen LogP contribution is -2.19. The third-order valence-corrected chi connectivity index (χ3v) is 2.30. The van der Waals surface area contributed by atoms with Crippen LogP contribution in [0.5, 0.6) is 0 Å². The third-order valence-electron chi connectivity index (χ3n) is 2.30. The summed E-state index contributed by atoms with van der Waals surface area (Å²) in [5.41, 5.74) is 1.34. The van der Waals surface area contributed by atoms with Crippen molar-refractivity contribution in [1.29, 1.82) is 0 Å². The maximum Gasteiger partial charge on any atom is 0.414 e. The number of nitrogens with one attached hydrogen (secondary N) is 1. The van der Waals surface area contributed by atoms with Gasteiger partial charge in [0.2, 0.25) is 0 Å². The summed E-state index contributed by atoms with van der Waals surface area (Å²) in [4.78, 5) is 18.2.